The van der Waals surface area contributed by atoms with Gasteiger partial charge in [-0.25, -0.2) is 19.3 Å². The number of fused-ring (bicyclic) bond motifs is 1. The molecule has 4 aromatic rings. The quantitative estimate of drug-likeness (QED) is 0.220. The lowest BCUT2D eigenvalue weighted by molar-refractivity contribution is -0.157. The molecule has 0 spiro atoms. The fourth-order valence-electron chi connectivity index (χ4n) is 4.63. The van der Waals surface area contributed by atoms with Gasteiger partial charge in [-0.2, -0.15) is 13.9 Å². The fraction of sp³-hybridized carbons (Fsp3) is 0.355. The Morgan fingerprint density at radius 1 is 1.02 bits per heavy atom. The van der Waals surface area contributed by atoms with E-state index in [-0.39, 0.29) is 13.0 Å². The summed E-state index contributed by atoms with van der Waals surface area (Å²) < 4.78 is 37.8. The minimum atomic E-state index is -2.75. The summed E-state index contributed by atoms with van der Waals surface area (Å²) in [6, 6.07) is 17.9. The van der Waals surface area contributed by atoms with E-state index in [1.807, 2.05) is 51.1 Å². The molecule has 0 radical (unpaired) electrons. The number of benzene rings is 2. The highest BCUT2D eigenvalue weighted by molar-refractivity contribution is 5.90. The average Bonchev–Trinajstić information content (AvgIpc) is 3.41. The maximum atomic E-state index is 13.8. The first-order chi connectivity index (χ1) is 19.4. The lowest BCUT2D eigenvalue weighted by Gasteiger charge is -2.38. The van der Waals surface area contributed by atoms with Crippen molar-refractivity contribution in [3.05, 3.63) is 84.2 Å². The van der Waals surface area contributed by atoms with Crippen LogP contribution in [0.15, 0.2) is 73.1 Å². The van der Waals surface area contributed by atoms with Crippen LogP contribution in [0.5, 0.6) is 0 Å². The van der Waals surface area contributed by atoms with Crippen LogP contribution in [0, 0.1) is 5.41 Å². The van der Waals surface area contributed by atoms with Gasteiger partial charge in [0.2, 0.25) is 0 Å². The molecule has 2 aromatic heterocycles. The first-order valence-electron chi connectivity index (χ1n) is 13.3. The van der Waals surface area contributed by atoms with Crippen LogP contribution in [-0.2, 0) is 26.4 Å². The van der Waals surface area contributed by atoms with Crippen LogP contribution in [0.3, 0.4) is 0 Å². The minimum Gasteiger partial charge on any atom is -0.461 e. The van der Waals surface area contributed by atoms with Crippen molar-refractivity contribution in [2.45, 2.75) is 65.8 Å². The van der Waals surface area contributed by atoms with Crippen LogP contribution in [0.4, 0.5) is 13.6 Å². The average molecular weight is 565 g/mol. The molecular weight excluding hydrogens is 530 g/mol. The lowest BCUT2D eigenvalue weighted by atomic mass is 9.75. The van der Waals surface area contributed by atoms with E-state index in [0.29, 0.717) is 32.4 Å². The Morgan fingerprint density at radius 3 is 2.39 bits per heavy atom. The summed E-state index contributed by atoms with van der Waals surface area (Å²) in [5.74, 6) is -0.609. The van der Waals surface area contributed by atoms with Crippen molar-refractivity contribution in [2.24, 2.45) is 5.41 Å². The number of rotatable bonds is 9. The van der Waals surface area contributed by atoms with Crippen molar-refractivity contribution in [1.29, 1.82) is 0 Å². The van der Waals surface area contributed by atoms with Crippen LogP contribution in [0.2, 0.25) is 0 Å². The SMILES string of the molecule is CC(C)OC(=O)[C@](CC(C)(C)C)(NC(=O)OCc1ccccc1)c1ccc2nc(-c3cnn(C(F)F)c3)ccc2c1. The Balaban J connectivity index is 1.73. The third-order valence-corrected chi connectivity index (χ3v) is 6.29. The van der Waals surface area contributed by atoms with Crippen molar-refractivity contribution in [2.75, 3.05) is 0 Å². The number of hydrogen-bond acceptors (Lipinski definition) is 6. The summed E-state index contributed by atoms with van der Waals surface area (Å²) in [5.41, 5.74) is 0.820. The van der Waals surface area contributed by atoms with E-state index >= 15 is 0 Å². The predicted molar refractivity (Wildman–Crippen MR) is 151 cm³/mol. The van der Waals surface area contributed by atoms with E-state index in [1.54, 1.807) is 44.2 Å². The molecule has 1 N–H and O–H groups in total. The number of alkyl carbamates (subject to hydrolysis) is 1. The van der Waals surface area contributed by atoms with Gasteiger partial charge in [-0.05, 0) is 55.0 Å². The minimum absolute atomic E-state index is 0.0318. The molecule has 1 amide bonds. The molecule has 0 unspecified atom stereocenters. The van der Waals surface area contributed by atoms with E-state index < -0.39 is 35.7 Å². The van der Waals surface area contributed by atoms with Crippen molar-refractivity contribution in [3.63, 3.8) is 0 Å². The van der Waals surface area contributed by atoms with Crippen molar-refractivity contribution < 1.29 is 27.8 Å². The molecule has 1 atom stereocenters. The van der Waals surface area contributed by atoms with E-state index in [4.69, 9.17) is 9.47 Å². The van der Waals surface area contributed by atoms with Gasteiger partial charge >= 0.3 is 18.6 Å². The van der Waals surface area contributed by atoms with Gasteiger partial charge in [0.05, 0.1) is 23.5 Å². The van der Waals surface area contributed by atoms with Crippen molar-refractivity contribution >= 4 is 23.0 Å². The lowest BCUT2D eigenvalue weighted by Crippen LogP contribution is -2.55. The maximum absolute atomic E-state index is 13.8. The normalized spacial score (nSPS) is 13.3. The number of amides is 1. The number of alkyl halides is 2. The smallest absolute Gasteiger partial charge is 0.408 e. The summed E-state index contributed by atoms with van der Waals surface area (Å²) in [4.78, 5) is 31.6. The second-order valence-corrected chi connectivity index (χ2v) is 11.4. The predicted octanol–water partition coefficient (Wildman–Crippen LogP) is 7.00. The molecule has 4 rings (SSSR count). The highest BCUT2D eigenvalue weighted by Gasteiger charge is 2.47. The molecule has 0 bridgehead atoms. The number of nitrogens with zero attached hydrogens (tertiary/aromatic N) is 3. The first kappa shape index (κ1) is 29.6. The number of carbonyl (C=O) groups excluding carboxylic acids is 2. The number of nitrogens with one attached hydrogen (secondary N) is 1. The summed E-state index contributed by atoms with van der Waals surface area (Å²) >= 11 is 0. The van der Waals surface area contributed by atoms with Crippen LogP contribution < -0.4 is 5.32 Å². The van der Waals surface area contributed by atoms with Gasteiger partial charge in [0.15, 0.2) is 5.54 Å². The Morgan fingerprint density at radius 2 is 1.76 bits per heavy atom. The molecule has 0 aliphatic rings. The maximum Gasteiger partial charge on any atom is 0.408 e. The molecule has 10 heteroatoms. The Kier molecular flexibility index (Phi) is 8.70. The molecule has 216 valence electrons. The summed E-state index contributed by atoms with van der Waals surface area (Å²) in [6.07, 6.45) is 1.59. The fourth-order valence-corrected chi connectivity index (χ4v) is 4.63. The van der Waals surface area contributed by atoms with Gasteiger partial charge in [-0.15, -0.1) is 0 Å². The van der Waals surface area contributed by atoms with Gasteiger partial charge in [-0.1, -0.05) is 63.2 Å². The zero-order chi connectivity index (χ0) is 29.8. The highest BCUT2D eigenvalue weighted by Crippen LogP contribution is 2.38. The summed E-state index contributed by atoms with van der Waals surface area (Å²) in [6.45, 7) is 6.68. The van der Waals surface area contributed by atoms with Gasteiger partial charge in [0, 0.05) is 17.1 Å². The molecule has 0 aliphatic carbocycles. The largest absolute Gasteiger partial charge is 0.461 e. The number of esters is 1. The van der Waals surface area contributed by atoms with Gasteiger partial charge in [0.25, 0.3) is 0 Å². The van der Waals surface area contributed by atoms with E-state index in [1.165, 1.54) is 12.4 Å². The van der Waals surface area contributed by atoms with Crippen molar-refractivity contribution in [1.82, 2.24) is 20.1 Å². The second-order valence-electron chi connectivity index (χ2n) is 11.4. The molecule has 0 aliphatic heterocycles. The number of hydrogen-bond donors (Lipinski definition) is 1. The number of aromatic nitrogens is 3. The van der Waals surface area contributed by atoms with Crippen LogP contribution in [-0.4, -0.2) is 32.9 Å². The summed E-state index contributed by atoms with van der Waals surface area (Å²) in [7, 11) is 0. The Bertz CT molecular complexity index is 1520. The molecule has 8 nitrogen and oxygen atoms in total. The number of halogens is 2. The van der Waals surface area contributed by atoms with Gasteiger partial charge < -0.3 is 14.8 Å². The Labute approximate surface area is 237 Å². The second kappa shape index (κ2) is 12.0. The molecule has 41 heavy (non-hydrogen) atoms. The topological polar surface area (TPSA) is 95.3 Å². The standard InChI is InChI=1S/C31H34F2N4O4/c1-20(2)41-27(38)31(19-30(3,4)5,36-29(39)40-18-21-9-7-6-8-10-21)24-12-14-25-22(15-24)11-13-26(35-25)23-16-34-37(17-23)28(32)33/h6-17,20,28H,18-19H2,1-5H3,(H,36,39)/t31-/m1/s1. The molecule has 0 fully saturated rings. The van der Waals surface area contributed by atoms with E-state index in [9.17, 15) is 18.4 Å². The third-order valence-electron chi connectivity index (χ3n) is 6.29. The van der Waals surface area contributed by atoms with E-state index in [0.717, 1.165) is 5.56 Å². The van der Waals surface area contributed by atoms with Crippen molar-refractivity contribution in [3.8, 4) is 11.3 Å². The number of carbonyl (C=O) groups is 2. The monoisotopic (exact) mass is 564 g/mol. The molecule has 0 saturated heterocycles. The Hall–Kier alpha value is -4.34. The van der Waals surface area contributed by atoms with E-state index in [2.05, 4.69) is 15.4 Å². The molecule has 2 aromatic carbocycles. The summed E-state index contributed by atoms with van der Waals surface area (Å²) in [5, 5.41) is 7.22. The van der Waals surface area contributed by atoms with Gasteiger partial charge in [-0.3, -0.25) is 0 Å². The highest BCUT2D eigenvalue weighted by atomic mass is 19.3. The van der Waals surface area contributed by atoms with Crippen LogP contribution in [0.25, 0.3) is 22.2 Å². The number of pyridine rings is 1. The molecular formula is C31H34F2N4O4. The first-order valence-corrected chi connectivity index (χ1v) is 13.3. The molecule has 0 saturated carbocycles. The third kappa shape index (κ3) is 7.25. The van der Waals surface area contributed by atoms with Crippen LogP contribution >= 0.6 is 0 Å². The van der Waals surface area contributed by atoms with Gasteiger partial charge in [0.1, 0.15) is 6.61 Å². The van der Waals surface area contributed by atoms with Crippen LogP contribution in [0.1, 0.15) is 58.7 Å². The zero-order valence-corrected chi connectivity index (χ0v) is 23.7. The molecule has 2 heterocycles. The zero-order valence-electron chi connectivity index (χ0n) is 23.7. The number of ether oxygens (including phenoxy) is 2.